The molecule has 0 spiro atoms. The minimum atomic E-state index is -0.199. The number of rotatable bonds is 0. The number of hydrogen-bond donors (Lipinski definition) is 0. The van der Waals surface area contributed by atoms with E-state index in [0.717, 1.165) is 5.56 Å². The summed E-state index contributed by atoms with van der Waals surface area (Å²) in [4.78, 5) is 10.8. The Bertz CT molecular complexity index is 283. The second-order valence-electron chi connectivity index (χ2n) is 2.23. The van der Waals surface area contributed by atoms with Gasteiger partial charge < -0.3 is 4.74 Å². The monoisotopic (exact) mass is 154 g/mol. The van der Waals surface area contributed by atoms with Crippen LogP contribution in [0.4, 0.5) is 4.70 Å². The molecule has 0 radical (unpaired) electrons. The van der Waals surface area contributed by atoms with Crippen LogP contribution in [-0.2, 0) is 11.3 Å². The summed E-state index contributed by atoms with van der Waals surface area (Å²) >= 11 is 0. The van der Waals surface area contributed by atoms with E-state index in [-0.39, 0.29) is 10.7 Å². The number of ether oxygens (including phenoxy) is 1. The largest absolute Gasteiger partial charge is 0.457 e. The van der Waals surface area contributed by atoms with E-state index in [1.165, 1.54) is 0 Å². The zero-order valence-corrected chi connectivity index (χ0v) is 5.74. The predicted molar refractivity (Wildman–Crippen MR) is 38.1 cm³/mol. The summed E-state index contributed by atoms with van der Waals surface area (Å²) in [5.41, 5.74) is 1.70. The second kappa shape index (κ2) is 2.70. The van der Waals surface area contributed by atoms with Gasteiger partial charge in [-0.1, -0.05) is 18.2 Å². The van der Waals surface area contributed by atoms with Gasteiger partial charge in [0.2, 0.25) is 0 Å². The molecule has 11 heavy (non-hydrogen) atoms. The molecule has 0 aliphatic carbocycles. The lowest BCUT2D eigenvalue weighted by Gasteiger charge is -1.87. The number of hydrogen-bond acceptors (Lipinski definition) is 2. The number of benzene rings is 1. The molecule has 2 rings (SSSR count). The minimum absolute atomic E-state index is 0. The van der Waals surface area contributed by atoms with E-state index in [0.29, 0.717) is 12.2 Å². The Kier molecular flexibility index (Phi) is 1.89. The van der Waals surface area contributed by atoms with Gasteiger partial charge in [-0.05, 0) is 6.07 Å². The standard InChI is InChI=1S/C8H6O2.FH/c9-8-7-4-2-1-3-6(7)5-10-8;/h1-4H,5H2;1H. The molecule has 58 valence electrons. The third-order valence-corrected chi connectivity index (χ3v) is 1.60. The third-order valence-electron chi connectivity index (χ3n) is 1.60. The lowest BCUT2D eigenvalue weighted by molar-refractivity contribution is 0.0535. The van der Waals surface area contributed by atoms with Gasteiger partial charge in [0.15, 0.2) is 0 Å². The van der Waals surface area contributed by atoms with Crippen molar-refractivity contribution in [2.24, 2.45) is 0 Å². The maximum Gasteiger partial charge on any atom is 0.338 e. The topological polar surface area (TPSA) is 26.3 Å². The van der Waals surface area contributed by atoms with E-state index < -0.39 is 0 Å². The average molecular weight is 154 g/mol. The van der Waals surface area contributed by atoms with Gasteiger partial charge >= 0.3 is 5.97 Å². The highest BCUT2D eigenvalue weighted by Crippen LogP contribution is 2.17. The molecular weight excluding hydrogens is 147 g/mol. The van der Waals surface area contributed by atoms with Crippen LogP contribution in [0.5, 0.6) is 0 Å². The Morgan fingerprint density at radius 1 is 1.27 bits per heavy atom. The van der Waals surface area contributed by atoms with Gasteiger partial charge in [-0.3, -0.25) is 4.70 Å². The van der Waals surface area contributed by atoms with Gasteiger partial charge in [-0.25, -0.2) is 4.79 Å². The zero-order chi connectivity index (χ0) is 6.97. The SMILES string of the molecule is F.O=C1OCc2ccccc21. The van der Waals surface area contributed by atoms with Crippen molar-refractivity contribution in [3.05, 3.63) is 35.4 Å². The quantitative estimate of drug-likeness (QED) is 0.529. The van der Waals surface area contributed by atoms with Crippen molar-refractivity contribution >= 4 is 5.97 Å². The minimum Gasteiger partial charge on any atom is -0.457 e. The Hall–Kier alpha value is -1.38. The summed E-state index contributed by atoms with van der Waals surface area (Å²) in [6.07, 6.45) is 0. The first-order valence-electron chi connectivity index (χ1n) is 3.13. The molecule has 0 bridgehead atoms. The molecule has 1 aliphatic heterocycles. The van der Waals surface area contributed by atoms with E-state index >= 15 is 0 Å². The summed E-state index contributed by atoms with van der Waals surface area (Å²) in [5.74, 6) is -0.199. The molecule has 1 aromatic rings. The molecule has 0 aromatic heterocycles. The fraction of sp³-hybridized carbons (Fsp3) is 0.125. The summed E-state index contributed by atoms with van der Waals surface area (Å²) < 4.78 is 4.78. The van der Waals surface area contributed by atoms with Crippen molar-refractivity contribution in [3.8, 4) is 0 Å². The van der Waals surface area contributed by atoms with Crippen molar-refractivity contribution in [1.29, 1.82) is 0 Å². The van der Waals surface area contributed by atoms with Gasteiger partial charge in [-0.2, -0.15) is 0 Å². The normalized spacial score (nSPS) is 13.3. The van der Waals surface area contributed by atoms with E-state index in [2.05, 4.69) is 0 Å². The first-order valence-corrected chi connectivity index (χ1v) is 3.13. The first kappa shape index (κ1) is 7.72. The molecule has 0 unspecified atom stereocenters. The van der Waals surface area contributed by atoms with Crippen molar-refractivity contribution < 1.29 is 14.2 Å². The van der Waals surface area contributed by atoms with Gasteiger partial charge in [0.25, 0.3) is 0 Å². The summed E-state index contributed by atoms with van der Waals surface area (Å²) in [6, 6.07) is 7.43. The number of carbonyl (C=O) groups is 1. The van der Waals surface area contributed by atoms with Gasteiger partial charge in [0.05, 0.1) is 5.56 Å². The molecule has 2 nitrogen and oxygen atoms in total. The summed E-state index contributed by atoms with van der Waals surface area (Å²) in [6.45, 7) is 0.439. The Morgan fingerprint density at radius 2 is 2.00 bits per heavy atom. The second-order valence-corrected chi connectivity index (χ2v) is 2.23. The Balaban J connectivity index is 0.000000605. The maximum atomic E-state index is 10.8. The van der Waals surface area contributed by atoms with Gasteiger partial charge in [0.1, 0.15) is 6.61 Å². The smallest absolute Gasteiger partial charge is 0.338 e. The molecule has 0 N–H and O–H groups in total. The highest BCUT2D eigenvalue weighted by atomic mass is 19.0. The van der Waals surface area contributed by atoms with Crippen molar-refractivity contribution in [3.63, 3.8) is 0 Å². The molecule has 1 aliphatic rings. The molecule has 3 heteroatoms. The number of carbonyl (C=O) groups excluding carboxylic acids is 1. The van der Waals surface area contributed by atoms with E-state index in [4.69, 9.17) is 4.74 Å². The van der Waals surface area contributed by atoms with Gasteiger partial charge in [-0.15, -0.1) is 0 Å². The van der Waals surface area contributed by atoms with Crippen LogP contribution < -0.4 is 0 Å². The molecule has 1 aromatic carbocycles. The van der Waals surface area contributed by atoms with Crippen LogP contribution in [0.3, 0.4) is 0 Å². The number of cyclic esters (lactones) is 1. The van der Waals surface area contributed by atoms with Crippen LogP contribution >= 0.6 is 0 Å². The summed E-state index contributed by atoms with van der Waals surface area (Å²) in [7, 11) is 0. The average Bonchev–Trinajstić information content (AvgIpc) is 2.34. The highest BCUT2D eigenvalue weighted by molar-refractivity contribution is 5.93. The van der Waals surface area contributed by atoms with Gasteiger partial charge in [0, 0.05) is 5.56 Å². The maximum absolute atomic E-state index is 10.8. The van der Waals surface area contributed by atoms with Crippen molar-refractivity contribution in [1.82, 2.24) is 0 Å². The van der Waals surface area contributed by atoms with Crippen LogP contribution in [0.15, 0.2) is 24.3 Å². The predicted octanol–water partition coefficient (Wildman–Crippen LogP) is 1.51. The van der Waals surface area contributed by atoms with E-state index in [1.807, 2.05) is 18.2 Å². The molecule has 1 heterocycles. The molecule has 0 saturated carbocycles. The number of halogens is 1. The van der Waals surface area contributed by atoms with Crippen LogP contribution in [0.2, 0.25) is 0 Å². The summed E-state index contributed by atoms with van der Waals surface area (Å²) in [5, 5.41) is 0. The lowest BCUT2D eigenvalue weighted by atomic mass is 10.1. The zero-order valence-electron chi connectivity index (χ0n) is 5.74. The third kappa shape index (κ3) is 1.09. The lowest BCUT2D eigenvalue weighted by Crippen LogP contribution is -1.91. The Labute approximate surface area is 63.2 Å². The molecular formula is C8H7FO2. The molecule has 0 fully saturated rings. The van der Waals surface area contributed by atoms with Crippen LogP contribution in [0, 0.1) is 0 Å². The molecule has 0 amide bonds. The molecule has 0 saturated heterocycles. The highest BCUT2D eigenvalue weighted by Gasteiger charge is 2.18. The van der Waals surface area contributed by atoms with Crippen LogP contribution in [-0.4, -0.2) is 5.97 Å². The van der Waals surface area contributed by atoms with Crippen LogP contribution in [0.1, 0.15) is 15.9 Å². The van der Waals surface area contributed by atoms with Crippen molar-refractivity contribution in [2.45, 2.75) is 6.61 Å². The number of fused-ring (bicyclic) bond motifs is 1. The van der Waals surface area contributed by atoms with Crippen molar-refractivity contribution in [2.75, 3.05) is 0 Å². The fourth-order valence-corrected chi connectivity index (χ4v) is 1.07. The fourth-order valence-electron chi connectivity index (χ4n) is 1.07. The Morgan fingerprint density at radius 3 is 2.73 bits per heavy atom. The number of esters is 1. The molecule has 0 atom stereocenters. The van der Waals surface area contributed by atoms with Crippen LogP contribution in [0.25, 0.3) is 0 Å². The van der Waals surface area contributed by atoms with E-state index in [1.54, 1.807) is 6.07 Å². The van der Waals surface area contributed by atoms with E-state index in [9.17, 15) is 4.79 Å². The first-order chi connectivity index (χ1) is 4.88.